The average molecular weight is 788 g/mol. The molecule has 0 radical (unpaired) electrons. The third-order valence-corrected chi connectivity index (χ3v) is 14.6. The number of nitrogens with one attached hydrogen (secondary N) is 2. The first kappa shape index (κ1) is 39.9. The van der Waals surface area contributed by atoms with Crippen LogP contribution in [0.25, 0.3) is 0 Å². The fourth-order valence-electron chi connectivity index (χ4n) is 9.78. The lowest BCUT2D eigenvalue weighted by molar-refractivity contribution is -0.111. The highest BCUT2D eigenvalue weighted by molar-refractivity contribution is 7.91. The Hall–Kier alpha value is -4.30. The molecule has 0 bridgehead atoms. The molecule has 3 aromatic carbocycles. The number of anilines is 2. The molecule has 4 fully saturated rings. The first-order valence-electron chi connectivity index (χ1n) is 19.7. The van der Waals surface area contributed by atoms with Crippen molar-refractivity contribution in [3.63, 3.8) is 0 Å². The fourth-order valence-corrected chi connectivity index (χ4v) is 11.1. The van der Waals surface area contributed by atoms with E-state index in [-0.39, 0.29) is 38.6 Å². The first-order chi connectivity index (χ1) is 27.0. The number of piperidine rings is 1. The number of nitrogens with zero attached hydrogens (tertiary/aromatic N) is 3. The molecule has 300 valence electrons. The van der Waals surface area contributed by atoms with Crippen LogP contribution in [0.2, 0.25) is 0 Å². The number of alkyl carbamates (subject to hydrolysis) is 1. The van der Waals surface area contributed by atoms with Crippen LogP contribution in [0.1, 0.15) is 44.1 Å². The molecule has 0 spiro atoms. The highest BCUT2D eigenvalue weighted by Gasteiger charge is 2.54. The predicted molar refractivity (Wildman–Crippen MR) is 214 cm³/mol. The summed E-state index contributed by atoms with van der Waals surface area (Å²) < 4.78 is 53.2. The zero-order chi connectivity index (χ0) is 39.5. The zero-order valence-corrected chi connectivity index (χ0v) is 33.2. The maximum atomic E-state index is 15.1. The summed E-state index contributed by atoms with van der Waals surface area (Å²) in [6.07, 6.45) is 6.65. The first-order valence-corrected chi connectivity index (χ1v) is 21.2. The van der Waals surface area contributed by atoms with Gasteiger partial charge >= 0.3 is 6.09 Å². The number of methoxy groups -OCH3 is 2. The molecular weight excluding hydrogens is 734 g/mol. The van der Waals surface area contributed by atoms with Gasteiger partial charge in [0.15, 0.2) is 0 Å². The number of carbonyl (C=O) groups is 2. The van der Waals surface area contributed by atoms with Crippen molar-refractivity contribution in [2.75, 3.05) is 76.8 Å². The maximum absolute atomic E-state index is 15.1. The summed E-state index contributed by atoms with van der Waals surface area (Å²) in [5.41, 5.74) is 1.64. The van der Waals surface area contributed by atoms with Crippen molar-refractivity contribution in [1.82, 2.24) is 15.1 Å². The van der Waals surface area contributed by atoms with Gasteiger partial charge in [0.25, 0.3) is 0 Å². The summed E-state index contributed by atoms with van der Waals surface area (Å²) in [5.74, 6) is -0.190. The van der Waals surface area contributed by atoms with Crippen molar-refractivity contribution in [2.45, 2.75) is 65.4 Å². The van der Waals surface area contributed by atoms with Gasteiger partial charge in [-0.1, -0.05) is 31.2 Å². The molecule has 3 atom stereocenters. The minimum atomic E-state index is -3.81. The van der Waals surface area contributed by atoms with Crippen LogP contribution in [-0.4, -0.2) is 108 Å². The van der Waals surface area contributed by atoms with E-state index < -0.39 is 21.8 Å². The fraction of sp³-hybridized carbons (Fsp3) is 0.488. The number of carbonyl (C=O) groups excluding carboxylic acids is 2. The van der Waals surface area contributed by atoms with E-state index in [9.17, 15) is 18.0 Å². The Labute approximate surface area is 330 Å². The van der Waals surface area contributed by atoms with Gasteiger partial charge < -0.3 is 34.8 Å². The number of hydrogen-bond acceptors (Lipinski definition) is 9. The number of sulfone groups is 1. The molecule has 3 aromatic rings. The number of ether oxygens (including phenoxy) is 2. The molecule has 3 heterocycles. The van der Waals surface area contributed by atoms with Crippen LogP contribution < -0.4 is 15.5 Å². The van der Waals surface area contributed by atoms with E-state index in [1.165, 1.54) is 31.7 Å². The van der Waals surface area contributed by atoms with Crippen molar-refractivity contribution in [2.24, 2.45) is 11.8 Å². The van der Waals surface area contributed by atoms with E-state index in [1.54, 1.807) is 37.4 Å². The number of amides is 2. The summed E-state index contributed by atoms with van der Waals surface area (Å²) in [4.78, 5) is 31.8. The van der Waals surface area contributed by atoms with Crippen LogP contribution in [0, 0.1) is 17.7 Å². The van der Waals surface area contributed by atoms with E-state index in [4.69, 9.17) is 9.47 Å². The number of likely N-dealkylation sites (tertiary alicyclic amines) is 2. The van der Waals surface area contributed by atoms with Crippen molar-refractivity contribution in [3.8, 4) is 0 Å². The van der Waals surface area contributed by atoms with Crippen molar-refractivity contribution in [1.29, 1.82) is 0 Å². The van der Waals surface area contributed by atoms with Crippen LogP contribution in [0.4, 0.5) is 20.6 Å². The lowest BCUT2D eigenvalue weighted by Crippen LogP contribution is -2.68. The van der Waals surface area contributed by atoms with Crippen molar-refractivity contribution < 1.29 is 31.9 Å². The maximum Gasteiger partial charge on any atom is 0.407 e. The summed E-state index contributed by atoms with van der Waals surface area (Å²) in [5, 5.41) is 5.79. The molecule has 13 heteroatoms. The standard InChI is InChI=1S/C43H54FN5O6S/c1-4-40(50)45-34-11-6-12-37(26-34)56(52,53)36-17-15-35(16-18-36)49-28-42(29-49,55-3)27-48-23-19-31(20-24-48)43(30-47-21-8-22-47,32-9-5-10-33(44)25-32)38-13-7-14-39(38)46-41(51)54-2/h4-6,9-12,15-18,25-26,31,38-39H,1,7-8,13-14,19-24,27-30H2,2-3H3,(H,45,50)(H,46,51)/t38-,39-,43-/m0/s1. The van der Waals surface area contributed by atoms with E-state index in [0.29, 0.717) is 24.7 Å². The molecule has 1 saturated carbocycles. The number of benzene rings is 3. The summed E-state index contributed by atoms with van der Waals surface area (Å²) in [7, 11) is -0.637. The Balaban J connectivity index is 1.03. The average Bonchev–Trinajstić information content (AvgIpc) is 3.64. The topological polar surface area (TPSA) is 121 Å². The van der Waals surface area contributed by atoms with Gasteiger partial charge in [0.1, 0.15) is 11.4 Å². The van der Waals surface area contributed by atoms with Crippen molar-refractivity contribution in [3.05, 3.63) is 96.8 Å². The summed E-state index contributed by atoms with van der Waals surface area (Å²) in [6, 6.07) is 20.3. The number of hydrogen-bond donors (Lipinski definition) is 2. The normalized spacial score (nSPS) is 22.7. The largest absolute Gasteiger partial charge is 0.453 e. The van der Waals surface area contributed by atoms with Gasteiger partial charge in [-0.05, 0) is 136 Å². The van der Waals surface area contributed by atoms with E-state index in [2.05, 4.69) is 38.0 Å². The van der Waals surface area contributed by atoms with Crippen molar-refractivity contribution >= 4 is 33.2 Å². The van der Waals surface area contributed by atoms with Crippen LogP contribution in [0.15, 0.2) is 95.2 Å². The molecule has 2 amide bonds. The van der Waals surface area contributed by atoms with Crippen LogP contribution in [-0.2, 0) is 29.5 Å². The van der Waals surface area contributed by atoms with E-state index >= 15 is 4.39 Å². The summed E-state index contributed by atoms with van der Waals surface area (Å²) >= 11 is 0. The number of halogens is 1. The van der Waals surface area contributed by atoms with Crippen LogP contribution in [0.5, 0.6) is 0 Å². The lowest BCUT2D eigenvalue weighted by Gasteiger charge is -2.55. The Morgan fingerprint density at radius 3 is 2.29 bits per heavy atom. The predicted octanol–water partition coefficient (Wildman–Crippen LogP) is 5.87. The molecule has 7 rings (SSSR count). The Morgan fingerprint density at radius 2 is 1.64 bits per heavy atom. The Kier molecular flexibility index (Phi) is 11.9. The van der Waals surface area contributed by atoms with Gasteiger partial charge in [0.2, 0.25) is 15.7 Å². The van der Waals surface area contributed by atoms with E-state index in [1.807, 2.05) is 18.2 Å². The molecular formula is C43H54FN5O6S. The molecule has 2 N–H and O–H groups in total. The molecule has 3 aliphatic heterocycles. The third-order valence-electron chi connectivity index (χ3n) is 12.8. The molecule has 3 saturated heterocycles. The molecule has 1 aliphatic carbocycles. The number of rotatable bonds is 14. The second-order valence-corrected chi connectivity index (χ2v) is 17.9. The third kappa shape index (κ3) is 8.09. The lowest BCUT2D eigenvalue weighted by atomic mass is 9.57. The monoisotopic (exact) mass is 787 g/mol. The van der Waals surface area contributed by atoms with Gasteiger partial charge in [-0.3, -0.25) is 4.79 Å². The van der Waals surface area contributed by atoms with E-state index in [0.717, 1.165) is 88.7 Å². The second-order valence-electron chi connectivity index (χ2n) is 16.0. The van der Waals surface area contributed by atoms with Gasteiger partial charge in [0, 0.05) is 43.0 Å². The van der Waals surface area contributed by atoms with Gasteiger partial charge in [-0.2, -0.15) is 0 Å². The van der Waals surface area contributed by atoms with Crippen LogP contribution >= 0.6 is 0 Å². The highest BCUT2D eigenvalue weighted by atomic mass is 32.2. The Morgan fingerprint density at radius 1 is 0.911 bits per heavy atom. The molecule has 0 unspecified atom stereocenters. The van der Waals surface area contributed by atoms with Crippen LogP contribution in [0.3, 0.4) is 0 Å². The smallest absolute Gasteiger partial charge is 0.407 e. The molecule has 11 nitrogen and oxygen atoms in total. The zero-order valence-electron chi connectivity index (χ0n) is 32.4. The second kappa shape index (κ2) is 16.7. The van der Waals surface area contributed by atoms with Gasteiger partial charge in [0.05, 0.1) is 30.0 Å². The molecule has 0 aromatic heterocycles. The summed E-state index contributed by atoms with van der Waals surface area (Å²) in [6.45, 7) is 10.3. The highest BCUT2D eigenvalue weighted by Crippen LogP contribution is 2.51. The minimum Gasteiger partial charge on any atom is -0.453 e. The van der Waals surface area contributed by atoms with Gasteiger partial charge in [-0.15, -0.1) is 0 Å². The molecule has 4 aliphatic rings. The SMILES string of the molecule is C=CC(=O)Nc1cccc(S(=O)(=O)c2ccc(N3CC(CN4CCC([C@@](CN5CCC5)(c5cccc(F)c5)[C@H]5CCC[C@@H]5NC(=O)OC)CC4)(OC)C3)cc2)c1. The van der Waals surface area contributed by atoms with Gasteiger partial charge in [-0.25, -0.2) is 17.6 Å². The quantitative estimate of drug-likeness (QED) is 0.194. The Bertz CT molecular complexity index is 2000. The molecule has 56 heavy (non-hydrogen) atoms. The minimum absolute atomic E-state index is 0.0419.